The van der Waals surface area contributed by atoms with Gasteiger partial charge in [-0.15, -0.1) is 0 Å². The lowest BCUT2D eigenvalue weighted by Gasteiger charge is -2.34. The molecule has 2 aromatic rings. The molecule has 0 amide bonds. The average molecular weight is 344 g/mol. The molecule has 134 valence electrons. The highest BCUT2D eigenvalue weighted by Gasteiger charge is 2.39. The van der Waals surface area contributed by atoms with Gasteiger partial charge < -0.3 is 14.2 Å². The zero-order valence-corrected chi connectivity index (χ0v) is 14.6. The molecule has 0 aliphatic heterocycles. The van der Waals surface area contributed by atoms with Crippen LogP contribution < -0.4 is 5.56 Å². The molecule has 2 aliphatic carbocycles. The van der Waals surface area contributed by atoms with Crippen molar-refractivity contribution in [2.45, 2.75) is 69.8 Å². The Labute approximate surface area is 146 Å². The SMILES string of the molecule is CCCOC1(c2noc(-c3cc(=O)[nH]c(C4CC4)n3)n2)CCCCC1. The van der Waals surface area contributed by atoms with E-state index in [4.69, 9.17) is 9.26 Å². The average Bonchev–Trinajstić information content (AvgIpc) is 3.36. The van der Waals surface area contributed by atoms with Crippen LogP contribution in [0.4, 0.5) is 0 Å². The van der Waals surface area contributed by atoms with Gasteiger partial charge >= 0.3 is 0 Å². The van der Waals surface area contributed by atoms with Gasteiger partial charge in [-0.1, -0.05) is 31.3 Å². The highest BCUT2D eigenvalue weighted by Crippen LogP contribution is 2.40. The van der Waals surface area contributed by atoms with Gasteiger partial charge in [0.2, 0.25) is 5.82 Å². The Hall–Kier alpha value is -2.02. The van der Waals surface area contributed by atoms with Crippen molar-refractivity contribution in [3.63, 3.8) is 0 Å². The molecule has 0 atom stereocenters. The van der Waals surface area contributed by atoms with Gasteiger partial charge in [0.15, 0.2) is 0 Å². The lowest BCUT2D eigenvalue weighted by atomic mass is 9.84. The third-order valence-corrected chi connectivity index (χ3v) is 5.02. The van der Waals surface area contributed by atoms with Crippen LogP contribution in [0.25, 0.3) is 11.6 Å². The highest BCUT2D eigenvalue weighted by atomic mass is 16.5. The van der Waals surface area contributed by atoms with Crippen LogP contribution in [0.5, 0.6) is 0 Å². The Morgan fingerprint density at radius 1 is 1.28 bits per heavy atom. The summed E-state index contributed by atoms with van der Waals surface area (Å²) in [4.78, 5) is 23.8. The molecule has 0 aromatic carbocycles. The molecule has 0 saturated heterocycles. The molecular formula is C18H24N4O3. The largest absolute Gasteiger partial charge is 0.367 e. The summed E-state index contributed by atoms with van der Waals surface area (Å²) in [6, 6.07) is 1.42. The fraction of sp³-hybridized carbons (Fsp3) is 0.667. The summed E-state index contributed by atoms with van der Waals surface area (Å²) in [6.45, 7) is 2.77. The normalized spacial score (nSPS) is 19.9. The van der Waals surface area contributed by atoms with Crippen molar-refractivity contribution in [2.75, 3.05) is 6.61 Å². The second-order valence-electron chi connectivity index (χ2n) is 7.12. The fourth-order valence-electron chi connectivity index (χ4n) is 3.50. The molecule has 4 rings (SSSR count). The van der Waals surface area contributed by atoms with Gasteiger partial charge in [0, 0.05) is 18.6 Å². The monoisotopic (exact) mass is 344 g/mol. The summed E-state index contributed by atoms with van der Waals surface area (Å²) in [5.74, 6) is 1.96. The Morgan fingerprint density at radius 3 is 2.80 bits per heavy atom. The van der Waals surface area contributed by atoms with Crippen molar-refractivity contribution in [2.24, 2.45) is 0 Å². The van der Waals surface area contributed by atoms with E-state index >= 15 is 0 Å². The summed E-state index contributed by atoms with van der Waals surface area (Å²) in [5, 5.41) is 4.20. The van der Waals surface area contributed by atoms with Gasteiger partial charge in [0.25, 0.3) is 11.4 Å². The van der Waals surface area contributed by atoms with Crippen LogP contribution >= 0.6 is 0 Å². The minimum absolute atomic E-state index is 0.179. The second kappa shape index (κ2) is 6.71. The number of ether oxygens (including phenoxy) is 1. The predicted molar refractivity (Wildman–Crippen MR) is 91.1 cm³/mol. The summed E-state index contributed by atoms with van der Waals surface area (Å²) in [7, 11) is 0. The Kier molecular flexibility index (Phi) is 4.41. The first kappa shape index (κ1) is 16.4. The van der Waals surface area contributed by atoms with Gasteiger partial charge in [-0.05, 0) is 32.1 Å². The predicted octanol–water partition coefficient (Wildman–Crippen LogP) is 3.28. The highest BCUT2D eigenvalue weighted by molar-refractivity contribution is 5.46. The summed E-state index contributed by atoms with van der Waals surface area (Å²) in [5.41, 5.74) is -0.191. The number of nitrogens with zero attached hydrogens (tertiary/aromatic N) is 3. The van der Waals surface area contributed by atoms with Crippen LogP contribution in [-0.2, 0) is 10.3 Å². The molecule has 7 nitrogen and oxygen atoms in total. The zero-order valence-electron chi connectivity index (χ0n) is 14.6. The number of nitrogens with one attached hydrogen (secondary N) is 1. The number of rotatable bonds is 6. The van der Waals surface area contributed by atoms with Crippen molar-refractivity contribution in [3.8, 4) is 11.6 Å². The van der Waals surface area contributed by atoms with Crippen molar-refractivity contribution < 1.29 is 9.26 Å². The molecule has 7 heteroatoms. The van der Waals surface area contributed by atoms with Gasteiger partial charge in [-0.3, -0.25) is 4.79 Å². The van der Waals surface area contributed by atoms with Gasteiger partial charge in [0.05, 0.1) is 0 Å². The van der Waals surface area contributed by atoms with E-state index in [9.17, 15) is 4.79 Å². The topological polar surface area (TPSA) is 93.9 Å². The molecule has 0 spiro atoms. The molecule has 0 bridgehead atoms. The van der Waals surface area contributed by atoms with E-state index in [1.807, 2.05) is 0 Å². The standard InChI is InChI=1S/C18H24N4O3/c1-2-10-24-18(8-4-3-5-9-18)17-21-16(25-22-17)13-11-14(23)20-15(19-13)12-6-7-12/h11-12H,2-10H2,1H3,(H,19,20,23). The quantitative estimate of drug-likeness (QED) is 0.864. The first-order valence-corrected chi connectivity index (χ1v) is 9.30. The Bertz CT molecular complexity index is 788. The molecule has 2 heterocycles. The van der Waals surface area contributed by atoms with Crippen LogP contribution in [-0.4, -0.2) is 26.7 Å². The fourth-order valence-corrected chi connectivity index (χ4v) is 3.50. The minimum atomic E-state index is -0.462. The minimum Gasteiger partial charge on any atom is -0.367 e. The zero-order chi connectivity index (χ0) is 17.3. The number of H-pyrrole nitrogens is 1. The van der Waals surface area contributed by atoms with Crippen molar-refractivity contribution in [1.82, 2.24) is 20.1 Å². The maximum Gasteiger partial charge on any atom is 0.276 e. The number of aromatic amines is 1. The molecule has 0 radical (unpaired) electrons. The lowest BCUT2D eigenvalue weighted by Crippen LogP contribution is -2.34. The van der Waals surface area contributed by atoms with Crippen molar-refractivity contribution >= 4 is 0 Å². The molecule has 0 unspecified atom stereocenters. The second-order valence-corrected chi connectivity index (χ2v) is 7.12. The molecule has 2 aromatic heterocycles. The van der Waals surface area contributed by atoms with E-state index in [1.165, 1.54) is 12.5 Å². The van der Waals surface area contributed by atoms with E-state index in [1.54, 1.807) is 0 Å². The lowest BCUT2D eigenvalue weighted by molar-refractivity contribution is -0.0829. The van der Waals surface area contributed by atoms with Gasteiger partial charge in [0.1, 0.15) is 17.1 Å². The molecular weight excluding hydrogens is 320 g/mol. The maximum absolute atomic E-state index is 11.9. The number of hydrogen-bond acceptors (Lipinski definition) is 6. The molecule has 2 saturated carbocycles. The van der Waals surface area contributed by atoms with Crippen LogP contribution in [0.1, 0.15) is 75.9 Å². The molecule has 25 heavy (non-hydrogen) atoms. The third-order valence-electron chi connectivity index (χ3n) is 5.02. The van der Waals surface area contributed by atoms with Crippen molar-refractivity contribution in [3.05, 3.63) is 28.1 Å². The van der Waals surface area contributed by atoms with Crippen LogP contribution in [0, 0.1) is 0 Å². The number of aromatic nitrogens is 4. The van der Waals surface area contributed by atoms with E-state index in [0.29, 0.717) is 29.9 Å². The van der Waals surface area contributed by atoms with E-state index in [-0.39, 0.29) is 5.56 Å². The molecule has 2 aliphatic rings. The third kappa shape index (κ3) is 3.38. The smallest absolute Gasteiger partial charge is 0.276 e. The van der Waals surface area contributed by atoms with Crippen LogP contribution in [0.3, 0.4) is 0 Å². The van der Waals surface area contributed by atoms with Crippen LogP contribution in [0.2, 0.25) is 0 Å². The summed E-state index contributed by atoms with van der Waals surface area (Å²) in [6.07, 6.45) is 8.30. The summed E-state index contributed by atoms with van der Waals surface area (Å²) < 4.78 is 11.6. The van der Waals surface area contributed by atoms with E-state index in [0.717, 1.165) is 50.8 Å². The molecule has 2 fully saturated rings. The van der Waals surface area contributed by atoms with E-state index < -0.39 is 5.60 Å². The Balaban J connectivity index is 1.65. The van der Waals surface area contributed by atoms with Gasteiger partial charge in [-0.2, -0.15) is 4.98 Å². The van der Waals surface area contributed by atoms with Gasteiger partial charge in [-0.25, -0.2) is 4.98 Å². The maximum atomic E-state index is 11.9. The van der Waals surface area contributed by atoms with E-state index in [2.05, 4.69) is 27.0 Å². The Morgan fingerprint density at radius 2 is 2.08 bits per heavy atom. The first-order chi connectivity index (χ1) is 12.2. The summed E-state index contributed by atoms with van der Waals surface area (Å²) >= 11 is 0. The first-order valence-electron chi connectivity index (χ1n) is 9.30. The van der Waals surface area contributed by atoms with Crippen molar-refractivity contribution in [1.29, 1.82) is 0 Å². The molecule has 1 N–H and O–H groups in total. The number of hydrogen-bond donors (Lipinski definition) is 1. The van der Waals surface area contributed by atoms with Crippen LogP contribution in [0.15, 0.2) is 15.4 Å².